The van der Waals surface area contributed by atoms with Crippen LogP contribution in [0.25, 0.3) is 10.8 Å². The average Bonchev–Trinajstić information content (AvgIpc) is 2.83. The van der Waals surface area contributed by atoms with E-state index in [1.807, 2.05) is 80.6 Å². The van der Waals surface area contributed by atoms with Gasteiger partial charge in [-0.25, -0.2) is 4.79 Å². The van der Waals surface area contributed by atoms with Crippen molar-refractivity contribution in [1.29, 1.82) is 0 Å². The minimum absolute atomic E-state index is 0.0896. The lowest BCUT2D eigenvalue weighted by Gasteiger charge is -2.15. The largest absolute Gasteiger partial charge is 0.457 e. The number of fused-ring (bicyclic) bond motifs is 1. The van der Waals surface area contributed by atoms with Gasteiger partial charge in [0.1, 0.15) is 12.4 Å². The number of rotatable bonds is 8. The van der Waals surface area contributed by atoms with Crippen LogP contribution in [0.1, 0.15) is 44.1 Å². The third-order valence-corrected chi connectivity index (χ3v) is 6.03. The van der Waals surface area contributed by atoms with Gasteiger partial charge in [0.05, 0.1) is 11.5 Å². The Morgan fingerprint density at radius 2 is 1.44 bits per heavy atom. The molecule has 4 rings (SSSR count). The summed E-state index contributed by atoms with van der Waals surface area (Å²) in [6.07, 6.45) is 0.335. The fourth-order valence-electron chi connectivity index (χ4n) is 4.30. The van der Waals surface area contributed by atoms with Crippen molar-refractivity contribution in [2.24, 2.45) is 5.73 Å². The highest BCUT2D eigenvalue weighted by molar-refractivity contribution is 5.90. The highest BCUT2D eigenvalue weighted by Crippen LogP contribution is 2.22. The third-order valence-electron chi connectivity index (χ3n) is 6.03. The normalized spacial score (nSPS) is 11.9. The van der Waals surface area contributed by atoms with Gasteiger partial charge in [-0.05, 0) is 53.4 Å². The molecular formula is C30H29NO3. The summed E-state index contributed by atoms with van der Waals surface area (Å²) >= 11 is 0. The summed E-state index contributed by atoms with van der Waals surface area (Å²) in [6.45, 7) is 4.33. The van der Waals surface area contributed by atoms with Crippen LogP contribution in [0.2, 0.25) is 0 Å². The summed E-state index contributed by atoms with van der Waals surface area (Å²) in [6, 6.07) is 27.5. The number of Topliss-reactive ketones (excluding diaryl/α,β-unsaturated/α-hetero) is 1. The molecule has 0 spiro atoms. The molecule has 1 unspecified atom stereocenters. The molecule has 4 aromatic rings. The Labute approximate surface area is 200 Å². The Morgan fingerprint density at radius 3 is 2.12 bits per heavy atom. The Hall–Kier alpha value is -3.76. The minimum Gasteiger partial charge on any atom is -0.457 e. The zero-order chi connectivity index (χ0) is 24.1. The van der Waals surface area contributed by atoms with E-state index in [-0.39, 0.29) is 30.8 Å². The maximum Gasteiger partial charge on any atom is 0.338 e. The van der Waals surface area contributed by atoms with E-state index in [9.17, 15) is 9.59 Å². The van der Waals surface area contributed by atoms with Crippen molar-refractivity contribution >= 4 is 22.5 Å². The zero-order valence-corrected chi connectivity index (χ0v) is 19.6. The maximum atomic E-state index is 13.0. The molecule has 0 fully saturated rings. The monoisotopic (exact) mass is 451 g/mol. The van der Waals surface area contributed by atoms with E-state index in [0.29, 0.717) is 12.0 Å². The molecule has 2 N–H and O–H groups in total. The van der Waals surface area contributed by atoms with E-state index in [1.165, 1.54) is 0 Å². The highest BCUT2D eigenvalue weighted by Gasteiger charge is 2.19. The van der Waals surface area contributed by atoms with Crippen LogP contribution in [-0.4, -0.2) is 18.3 Å². The van der Waals surface area contributed by atoms with Crippen LogP contribution in [0.3, 0.4) is 0 Å². The smallest absolute Gasteiger partial charge is 0.338 e. The molecule has 0 radical (unpaired) electrons. The topological polar surface area (TPSA) is 69.4 Å². The van der Waals surface area contributed by atoms with E-state index in [4.69, 9.17) is 10.5 Å². The number of aryl methyl sites for hydroxylation is 2. The van der Waals surface area contributed by atoms with Crippen LogP contribution in [0.4, 0.5) is 0 Å². The first-order valence-electron chi connectivity index (χ1n) is 11.5. The fraction of sp³-hybridized carbons (Fsp3) is 0.200. The predicted molar refractivity (Wildman–Crippen MR) is 136 cm³/mol. The van der Waals surface area contributed by atoms with Gasteiger partial charge in [0, 0.05) is 13.0 Å². The van der Waals surface area contributed by atoms with E-state index in [1.54, 1.807) is 0 Å². The molecule has 4 heteroatoms. The number of carbonyl (C=O) groups excluding carboxylic acids is 2. The zero-order valence-electron chi connectivity index (χ0n) is 19.6. The maximum absolute atomic E-state index is 13.0. The quantitative estimate of drug-likeness (QED) is 0.351. The third kappa shape index (κ3) is 5.59. The van der Waals surface area contributed by atoms with Crippen molar-refractivity contribution in [3.8, 4) is 0 Å². The van der Waals surface area contributed by atoms with E-state index >= 15 is 0 Å². The van der Waals surface area contributed by atoms with Crippen molar-refractivity contribution < 1.29 is 14.3 Å². The summed E-state index contributed by atoms with van der Waals surface area (Å²) < 4.78 is 5.48. The van der Waals surface area contributed by atoms with Crippen LogP contribution in [0.15, 0.2) is 84.9 Å². The van der Waals surface area contributed by atoms with Gasteiger partial charge in [0.15, 0.2) is 0 Å². The standard InChI is InChI=1S/C30H29NO3/c1-20-13-21(2)15-27(14-20)30(33)34-19-22-7-11-25(12-8-22)28(18-31)29(32)17-23-9-10-24-5-3-4-6-26(24)16-23/h3-16,28H,17-19,31H2,1-2H3. The Kier molecular flexibility index (Phi) is 7.19. The van der Waals surface area contributed by atoms with Crippen LogP contribution in [0, 0.1) is 13.8 Å². The number of ether oxygens (including phenoxy) is 1. The Morgan fingerprint density at radius 1 is 0.794 bits per heavy atom. The molecule has 4 nitrogen and oxygen atoms in total. The van der Waals surface area contributed by atoms with E-state index < -0.39 is 0 Å². The highest BCUT2D eigenvalue weighted by atomic mass is 16.5. The molecular weight excluding hydrogens is 422 g/mol. The fourth-order valence-corrected chi connectivity index (χ4v) is 4.30. The van der Waals surface area contributed by atoms with E-state index in [2.05, 4.69) is 18.2 Å². The first-order valence-corrected chi connectivity index (χ1v) is 11.5. The number of nitrogens with two attached hydrogens (primary N) is 1. The number of hydrogen-bond acceptors (Lipinski definition) is 4. The molecule has 1 atom stereocenters. The molecule has 4 aromatic carbocycles. The number of hydrogen-bond donors (Lipinski definition) is 1. The first-order chi connectivity index (χ1) is 16.4. The average molecular weight is 452 g/mol. The van der Waals surface area contributed by atoms with Crippen LogP contribution >= 0.6 is 0 Å². The molecule has 0 aliphatic carbocycles. The molecule has 0 heterocycles. The van der Waals surface area contributed by atoms with Crippen molar-refractivity contribution in [1.82, 2.24) is 0 Å². The second kappa shape index (κ2) is 10.4. The van der Waals surface area contributed by atoms with Crippen molar-refractivity contribution in [3.05, 3.63) is 118 Å². The number of benzene rings is 4. The lowest BCUT2D eigenvalue weighted by molar-refractivity contribution is -0.119. The van der Waals surface area contributed by atoms with Crippen molar-refractivity contribution in [3.63, 3.8) is 0 Å². The first kappa shape index (κ1) is 23.4. The van der Waals surface area contributed by atoms with Gasteiger partial charge in [-0.1, -0.05) is 83.9 Å². The van der Waals surface area contributed by atoms with Gasteiger partial charge < -0.3 is 10.5 Å². The number of esters is 1. The predicted octanol–water partition coefficient (Wildman–Crippen LogP) is 5.67. The van der Waals surface area contributed by atoms with Gasteiger partial charge in [-0.2, -0.15) is 0 Å². The summed E-state index contributed by atoms with van der Waals surface area (Å²) in [4.78, 5) is 25.4. The molecule has 0 aliphatic heterocycles. The van der Waals surface area contributed by atoms with Crippen LogP contribution in [-0.2, 0) is 22.6 Å². The molecule has 172 valence electrons. The number of carbonyl (C=O) groups is 2. The van der Waals surface area contributed by atoms with Crippen molar-refractivity contribution in [2.45, 2.75) is 32.8 Å². The van der Waals surface area contributed by atoms with E-state index in [0.717, 1.165) is 38.6 Å². The summed E-state index contributed by atoms with van der Waals surface area (Å²) in [5.74, 6) is -0.633. The SMILES string of the molecule is Cc1cc(C)cc(C(=O)OCc2ccc(C(CN)C(=O)Cc3ccc4ccccc4c3)cc2)c1. The summed E-state index contributed by atoms with van der Waals surface area (Å²) in [7, 11) is 0. The van der Waals surface area contributed by atoms with Crippen LogP contribution < -0.4 is 5.73 Å². The molecule has 0 saturated carbocycles. The Balaban J connectivity index is 1.39. The summed E-state index contributed by atoms with van der Waals surface area (Å²) in [5, 5.41) is 2.28. The van der Waals surface area contributed by atoms with Gasteiger partial charge in [0.25, 0.3) is 0 Å². The molecule has 34 heavy (non-hydrogen) atoms. The van der Waals surface area contributed by atoms with Gasteiger partial charge in [-0.3, -0.25) is 4.79 Å². The Bertz CT molecular complexity index is 1300. The van der Waals surface area contributed by atoms with Gasteiger partial charge in [-0.15, -0.1) is 0 Å². The molecule has 0 saturated heterocycles. The molecule has 0 bridgehead atoms. The second-order valence-electron chi connectivity index (χ2n) is 8.81. The van der Waals surface area contributed by atoms with Gasteiger partial charge >= 0.3 is 5.97 Å². The molecule has 0 amide bonds. The molecule has 0 aromatic heterocycles. The minimum atomic E-state index is -0.377. The second-order valence-corrected chi connectivity index (χ2v) is 8.81. The number of ketones is 1. The van der Waals surface area contributed by atoms with Crippen LogP contribution in [0.5, 0.6) is 0 Å². The summed E-state index contributed by atoms with van der Waals surface area (Å²) in [5.41, 5.74) is 11.3. The lowest BCUT2D eigenvalue weighted by atomic mass is 9.90. The molecule has 0 aliphatic rings. The van der Waals surface area contributed by atoms with Gasteiger partial charge in [0.2, 0.25) is 0 Å². The van der Waals surface area contributed by atoms with Crippen molar-refractivity contribution in [2.75, 3.05) is 6.54 Å². The lowest BCUT2D eigenvalue weighted by Crippen LogP contribution is -2.23.